The van der Waals surface area contributed by atoms with E-state index >= 15 is 0 Å². The van der Waals surface area contributed by atoms with Crippen molar-refractivity contribution in [2.24, 2.45) is 11.8 Å². The zero-order valence-corrected chi connectivity index (χ0v) is 34.5. The van der Waals surface area contributed by atoms with Gasteiger partial charge in [-0.05, 0) is 55.6 Å². The molecule has 0 aliphatic carbocycles. The quantitative estimate of drug-likeness (QED) is 0.0252. The van der Waals surface area contributed by atoms with Gasteiger partial charge in [0.25, 0.3) is 0 Å². The molecule has 9 N–H and O–H groups in total. The zero-order valence-electron chi connectivity index (χ0n) is 34.5. The van der Waals surface area contributed by atoms with Crippen LogP contribution in [-0.2, 0) is 39.9 Å². The fourth-order valence-corrected chi connectivity index (χ4v) is 6.89. The van der Waals surface area contributed by atoms with Crippen molar-refractivity contribution in [2.45, 2.75) is 159 Å². The molecule has 16 heteroatoms. The number of rotatable bonds is 23. The summed E-state index contributed by atoms with van der Waals surface area (Å²) in [6.45, 7) is 6.16. The van der Waals surface area contributed by atoms with E-state index in [1.165, 1.54) is 12.2 Å². The Balaban J connectivity index is 1.80. The second-order valence-corrected chi connectivity index (χ2v) is 15.4. The van der Waals surface area contributed by atoms with Gasteiger partial charge < -0.3 is 69.6 Å². The second-order valence-electron chi connectivity index (χ2n) is 15.4. The third-order valence-electron chi connectivity index (χ3n) is 10.8. The Morgan fingerprint density at radius 3 is 2.31 bits per heavy atom. The van der Waals surface area contributed by atoms with Crippen molar-refractivity contribution in [1.82, 2.24) is 0 Å². The van der Waals surface area contributed by atoms with Gasteiger partial charge in [-0.25, -0.2) is 4.79 Å². The highest BCUT2D eigenvalue weighted by atomic mass is 16.7. The first kappa shape index (κ1) is 49.9. The Labute approximate surface area is 346 Å². The third-order valence-corrected chi connectivity index (χ3v) is 10.8. The Hall–Kier alpha value is -3.42. The summed E-state index contributed by atoms with van der Waals surface area (Å²) in [5.41, 5.74) is -0.235. The number of ether oxygens (including phenoxy) is 5. The zero-order chi connectivity index (χ0) is 43.6. The molecular formula is C43H66O16. The van der Waals surface area contributed by atoms with Crippen LogP contribution in [0.25, 0.3) is 0 Å². The Bertz CT molecular complexity index is 1510. The Morgan fingerprint density at radius 2 is 1.63 bits per heavy atom. The number of aliphatic hydroxyl groups is 7. The maximum atomic E-state index is 13.3. The Morgan fingerprint density at radius 1 is 0.881 bits per heavy atom. The van der Waals surface area contributed by atoms with E-state index in [1.807, 2.05) is 13.8 Å². The number of allylic oxidation sites excluding steroid dienone is 4. The second kappa shape index (κ2) is 25.4. The minimum atomic E-state index is -1.93. The van der Waals surface area contributed by atoms with Gasteiger partial charge in [0.2, 0.25) is 0 Å². The number of hydrogen-bond donors (Lipinski definition) is 9. The molecule has 2 heterocycles. The third kappa shape index (κ3) is 14.9. The van der Waals surface area contributed by atoms with Crippen LogP contribution in [0.5, 0.6) is 11.5 Å². The van der Waals surface area contributed by atoms with Gasteiger partial charge in [-0.3, -0.25) is 4.79 Å². The molecule has 3 rings (SSSR count). The number of aromatic hydroxyl groups is 2. The fourth-order valence-electron chi connectivity index (χ4n) is 6.89. The molecule has 0 spiro atoms. The van der Waals surface area contributed by atoms with Gasteiger partial charge in [0.05, 0.1) is 19.3 Å². The topological polar surface area (TPSA) is 262 Å². The lowest BCUT2D eigenvalue weighted by Crippen LogP contribution is -2.64. The summed E-state index contributed by atoms with van der Waals surface area (Å²) in [6, 6.07) is 2.06. The van der Waals surface area contributed by atoms with Crippen LogP contribution in [0.15, 0.2) is 48.6 Å². The summed E-state index contributed by atoms with van der Waals surface area (Å²) in [4.78, 5) is 25.5. The molecule has 0 amide bonds. The summed E-state index contributed by atoms with van der Waals surface area (Å²) in [5, 5.41) is 95.9. The maximum absolute atomic E-state index is 13.3. The van der Waals surface area contributed by atoms with Gasteiger partial charge in [0, 0.05) is 24.1 Å². The van der Waals surface area contributed by atoms with Crippen molar-refractivity contribution >= 4 is 11.9 Å². The minimum Gasteiger partial charge on any atom is -0.508 e. The van der Waals surface area contributed by atoms with Gasteiger partial charge >= 0.3 is 11.9 Å². The van der Waals surface area contributed by atoms with Crippen molar-refractivity contribution in [2.75, 3.05) is 13.2 Å². The van der Waals surface area contributed by atoms with E-state index in [9.17, 15) is 55.5 Å². The van der Waals surface area contributed by atoms with E-state index in [-0.39, 0.29) is 23.5 Å². The lowest BCUT2D eigenvalue weighted by atomic mass is 9.88. The van der Waals surface area contributed by atoms with E-state index in [0.717, 1.165) is 56.7 Å². The molecule has 0 bridgehead atoms. The highest BCUT2D eigenvalue weighted by Crippen LogP contribution is 2.42. The van der Waals surface area contributed by atoms with Gasteiger partial charge in [-0.1, -0.05) is 77.3 Å². The van der Waals surface area contributed by atoms with Crippen molar-refractivity contribution in [3.8, 4) is 11.5 Å². The molecule has 2 saturated heterocycles. The number of aliphatic hydroxyl groups excluding tert-OH is 7. The van der Waals surface area contributed by atoms with Crippen molar-refractivity contribution < 1.29 is 79.2 Å². The van der Waals surface area contributed by atoms with E-state index in [0.29, 0.717) is 18.8 Å². The average Bonchev–Trinajstić information content (AvgIpc) is 3.21. The average molecular weight is 839 g/mol. The van der Waals surface area contributed by atoms with Crippen LogP contribution in [0.3, 0.4) is 0 Å². The predicted molar refractivity (Wildman–Crippen MR) is 213 cm³/mol. The lowest BCUT2D eigenvalue weighted by Gasteiger charge is -2.47. The molecular weight excluding hydrogens is 772 g/mol. The van der Waals surface area contributed by atoms with Crippen molar-refractivity contribution in [3.05, 3.63) is 59.7 Å². The smallest absolute Gasteiger partial charge is 0.331 e. The molecule has 2 fully saturated rings. The highest BCUT2D eigenvalue weighted by Gasteiger charge is 2.53. The normalized spacial score (nSPS) is 29.2. The first-order chi connectivity index (χ1) is 28.2. The van der Waals surface area contributed by atoms with E-state index in [1.54, 1.807) is 6.08 Å². The first-order valence-corrected chi connectivity index (χ1v) is 20.7. The number of carbonyl (C=O) groups excluding carboxylic acids is 2. The molecule has 16 nitrogen and oxygen atoms in total. The summed E-state index contributed by atoms with van der Waals surface area (Å²) >= 11 is 0. The number of benzene rings is 1. The lowest BCUT2D eigenvalue weighted by molar-refractivity contribution is -0.343. The Kier molecular flexibility index (Phi) is 21.5. The molecule has 1 aromatic rings. The van der Waals surface area contributed by atoms with Crippen LogP contribution < -0.4 is 0 Å². The highest BCUT2D eigenvalue weighted by molar-refractivity contribution is 5.82. The number of phenols is 2. The molecule has 334 valence electrons. The number of unbranched alkanes of at least 4 members (excludes halogenated alkanes) is 3. The molecule has 0 unspecified atom stereocenters. The van der Waals surface area contributed by atoms with E-state index in [2.05, 4.69) is 26.0 Å². The summed E-state index contributed by atoms with van der Waals surface area (Å²) in [5.74, 6) is -1.99. The SMILES string of the molecule is CCCCCC(=O)OC[C@@H]1O[C@H](O[C@@H]2[C@@H](OC(=O)C=CC=CC[C@H](O)[C@H](C)CCCC=C[C@H](C)CC)[C@H](O)[C@@H](c3c(O)cc(O)cc3CO)O[C@H]2CO)[C@@H](O)[C@H](O)[C@H]1O. The maximum Gasteiger partial charge on any atom is 0.331 e. The van der Waals surface area contributed by atoms with Crippen LogP contribution in [0, 0.1) is 11.8 Å². The molecule has 1 aromatic carbocycles. The first-order valence-electron chi connectivity index (χ1n) is 20.7. The fraction of sp³-hybridized carbons (Fsp3) is 0.674. The molecule has 59 heavy (non-hydrogen) atoms. The number of phenolic OH excluding ortho intramolecular Hbond substituents is 2. The summed E-state index contributed by atoms with van der Waals surface area (Å²) < 4.78 is 28.6. The number of esters is 2. The molecule has 0 aromatic heterocycles. The van der Waals surface area contributed by atoms with E-state index < -0.39 is 111 Å². The monoisotopic (exact) mass is 838 g/mol. The van der Waals surface area contributed by atoms with Gasteiger partial charge in [-0.2, -0.15) is 0 Å². The number of carbonyl (C=O) groups is 2. The predicted octanol–water partition coefficient (Wildman–Crippen LogP) is 2.88. The van der Waals surface area contributed by atoms with E-state index in [4.69, 9.17) is 23.7 Å². The van der Waals surface area contributed by atoms with Crippen LogP contribution in [-0.4, -0.2) is 132 Å². The van der Waals surface area contributed by atoms with Crippen LogP contribution in [0.4, 0.5) is 0 Å². The van der Waals surface area contributed by atoms with Gasteiger partial charge in [-0.15, -0.1) is 0 Å². The molecule has 13 atom stereocenters. The van der Waals surface area contributed by atoms with Crippen LogP contribution in [0.1, 0.15) is 103 Å². The summed E-state index contributed by atoms with van der Waals surface area (Å²) in [6.07, 6.45) is -1.19. The molecule has 2 aliphatic heterocycles. The van der Waals surface area contributed by atoms with Gasteiger partial charge in [0.1, 0.15) is 66.9 Å². The van der Waals surface area contributed by atoms with Crippen molar-refractivity contribution in [1.29, 1.82) is 0 Å². The van der Waals surface area contributed by atoms with Crippen molar-refractivity contribution in [3.63, 3.8) is 0 Å². The largest absolute Gasteiger partial charge is 0.508 e. The summed E-state index contributed by atoms with van der Waals surface area (Å²) in [7, 11) is 0. The standard InChI is InChI=1S/C43H66O16/c1-5-7-10-18-33(49)55-24-32-36(51)37(52)38(53)43(57-32)59-40-31(23-45)56-41(35-27(22-44)20-28(46)21-30(35)48)39(54)42(40)58-34(50)19-14-9-13-17-29(47)26(4)16-12-8-11-15-25(3)6-2/h9,11,13-15,19-21,25-26,29,31-32,36-48,51-54H,5-8,10,12,16-18,22-24H2,1-4H3/t25-,26-,29+,31+,32+,36+,37-,38+,39-,40+,41-,42+,43-/m1/s1. The van der Waals surface area contributed by atoms with Crippen LogP contribution in [0.2, 0.25) is 0 Å². The molecule has 0 saturated carbocycles. The van der Waals surface area contributed by atoms with Gasteiger partial charge in [0.15, 0.2) is 12.4 Å². The molecule has 0 radical (unpaired) electrons. The minimum absolute atomic E-state index is 0.0428. The van der Waals surface area contributed by atoms with Crippen LogP contribution >= 0.6 is 0 Å². The number of hydrogen-bond acceptors (Lipinski definition) is 16. The molecule has 2 aliphatic rings.